The summed E-state index contributed by atoms with van der Waals surface area (Å²) >= 11 is 5.87. The number of para-hydroxylation sites is 1. The summed E-state index contributed by atoms with van der Waals surface area (Å²) < 4.78 is 0. The SMILES string of the molecule is Cc1cc(C(=O)N/N=C\c2cc(Cl)ccc2O)c2ccccc2n1. The van der Waals surface area contributed by atoms with Crippen molar-refractivity contribution in [3.05, 3.63) is 70.4 Å². The van der Waals surface area contributed by atoms with Crippen LogP contribution in [0.5, 0.6) is 5.75 Å². The Morgan fingerprint density at radius 2 is 2.04 bits per heavy atom. The van der Waals surface area contributed by atoms with Crippen LogP contribution in [0.25, 0.3) is 10.9 Å². The third-order valence-corrected chi connectivity index (χ3v) is 3.68. The number of phenols is 1. The zero-order valence-corrected chi connectivity index (χ0v) is 13.6. The lowest BCUT2D eigenvalue weighted by atomic mass is 10.1. The van der Waals surface area contributed by atoms with Gasteiger partial charge in [0.1, 0.15) is 5.75 Å². The summed E-state index contributed by atoms with van der Waals surface area (Å²) in [5.41, 5.74) is 4.86. The molecule has 120 valence electrons. The van der Waals surface area contributed by atoms with Gasteiger partial charge in [-0.2, -0.15) is 5.10 Å². The lowest BCUT2D eigenvalue weighted by Crippen LogP contribution is -2.18. The Labute approximate surface area is 143 Å². The first kappa shape index (κ1) is 16.0. The van der Waals surface area contributed by atoms with E-state index in [1.807, 2.05) is 31.2 Å². The van der Waals surface area contributed by atoms with E-state index >= 15 is 0 Å². The Bertz CT molecular complexity index is 954. The highest BCUT2D eigenvalue weighted by Gasteiger charge is 2.11. The molecule has 24 heavy (non-hydrogen) atoms. The molecule has 0 spiro atoms. The van der Waals surface area contributed by atoms with Crippen molar-refractivity contribution in [2.75, 3.05) is 0 Å². The van der Waals surface area contributed by atoms with E-state index in [9.17, 15) is 9.90 Å². The van der Waals surface area contributed by atoms with Crippen molar-refractivity contribution in [2.24, 2.45) is 5.10 Å². The summed E-state index contributed by atoms with van der Waals surface area (Å²) in [6.07, 6.45) is 1.34. The second kappa shape index (κ2) is 6.68. The minimum atomic E-state index is -0.352. The molecule has 0 radical (unpaired) electrons. The van der Waals surface area contributed by atoms with Crippen LogP contribution in [0.2, 0.25) is 5.02 Å². The number of aromatic hydroxyl groups is 1. The van der Waals surface area contributed by atoms with Crippen molar-refractivity contribution >= 4 is 34.6 Å². The average Bonchev–Trinajstić information content (AvgIpc) is 2.57. The van der Waals surface area contributed by atoms with Crippen LogP contribution in [-0.2, 0) is 0 Å². The largest absolute Gasteiger partial charge is 0.507 e. The molecule has 2 aromatic carbocycles. The molecule has 1 heterocycles. The molecule has 0 fully saturated rings. The summed E-state index contributed by atoms with van der Waals surface area (Å²) in [4.78, 5) is 16.8. The molecule has 0 unspecified atom stereocenters. The minimum Gasteiger partial charge on any atom is -0.507 e. The van der Waals surface area contributed by atoms with Gasteiger partial charge < -0.3 is 5.11 Å². The maximum absolute atomic E-state index is 12.4. The van der Waals surface area contributed by atoms with E-state index in [1.54, 1.807) is 18.2 Å². The lowest BCUT2D eigenvalue weighted by molar-refractivity contribution is 0.0956. The second-order valence-electron chi connectivity index (χ2n) is 5.23. The van der Waals surface area contributed by atoms with Crippen LogP contribution in [0.3, 0.4) is 0 Å². The number of carbonyl (C=O) groups is 1. The highest BCUT2D eigenvalue weighted by molar-refractivity contribution is 6.30. The van der Waals surface area contributed by atoms with Crippen molar-refractivity contribution < 1.29 is 9.90 Å². The van der Waals surface area contributed by atoms with Gasteiger partial charge in [-0.1, -0.05) is 29.8 Å². The average molecular weight is 340 g/mol. The predicted octanol–water partition coefficient (Wildman–Crippen LogP) is 3.67. The van der Waals surface area contributed by atoms with Gasteiger partial charge in [-0.25, -0.2) is 5.43 Å². The van der Waals surface area contributed by atoms with Crippen LogP contribution < -0.4 is 5.43 Å². The lowest BCUT2D eigenvalue weighted by Gasteiger charge is -2.06. The van der Waals surface area contributed by atoms with Gasteiger partial charge in [0.25, 0.3) is 5.91 Å². The van der Waals surface area contributed by atoms with E-state index in [4.69, 9.17) is 11.6 Å². The van der Waals surface area contributed by atoms with Crippen LogP contribution in [-0.4, -0.2) is 22.2 Å². The fourth-order valence-electron chi connectivity index (χ4n) is 2.35. The zero-order valence-electron chi connectivity index (χ0n) is 12.8. The van der Waals surface area contributed by atoms with E-state index in [2.05, 4.69) is 15.5 Å². The third kappa shape index (κ3) is 3.36. The summed E-state index contributed by atoms with van der Waals surface area (Å²) in [6, 6.07) is 13.7. The molecule has 0 aliphatic carbocycles. The van der Waals surface area contributed by atoms with Gasteiger partial charge in [0.05, 0.1) is 17.3 Å². The van der Waals surface area contributed by atoms with E-state index in [0.717, 1.165) is 16.6 Å². The Kier molecular flexibility index (Phi) is 4.44. The number of nitrogens with one attached hydrogen (secondary N) is 1. The number of nitrogens with zero attached hydrogens (tertiary/aromatic N) is 2. The molecule has 1 amide bonds. The molecule has 1 aromatic heterocycles. The molecule has 3 aromatic rings. The number of phenolic OH excluding ortho intramolecular Hbond substituents is 1. The summed E-state index contributed by atoms with van der Waals surface area (Å²) in [7, 11) is 0. The van der Waals surface area contributed by atoms with Crippen molar-refractivity contribution in [3.8, 4) is 5.75 Å². The smallest absolute Gasteiger partial charge is 0.272 e. The Balaban J connectivity index is 1.85. The van der Waals surface area contributed by atoms with Gasteiger partial charge in [0.15, 0.2) is 0 Å². The Morgan fingerprint density at radius 1 is 1.25 bits per heavy atom. The first-order valence-corrected chi connectivity index (χ1v) is 7.61. The monoisotopic (exact) mass is 339 g/mol. The molecule has 2 N–H and O–H groups in total. The maximum atomic E-state index is 12.4. The number of pyridine rings is 1. The van der Waals surface area contributed by atoms with Gasteiger partial charge in [-0.3, -0.25) is 9.78 Å². The van der Waals surface area contributed by atoms with Crippen molar-refractivity contribution in [2.45, 2.75) is 6.92 Å². The van der Waals surface area contributed by atoms with Crippen molar-refractivity contribution in [3.63, 3.8) is 0 Å². The van der Waals surface area contributed by atoms with Crippen molar-refractivity contribution in [1.29, 1.82) is 0 Å². The van der Waals surface area contributed by atoms with Gasteiger partial charge in [0.2, 0.25) is 0 Å². The van der Waals surface area contributed by atoms with Crippen LogP contribution in [0, 0.1) is 6.92 Å². The summed E-state index contributed by atoms with van der Waals surface area (Å²) in [5.74, 6) is -0.322. The molecular formula is C18H14ClN3O2. The number of halogens is 1. The number of benzene rings is 2. The minimum absolute atomic E-state index is 0.0302. The fraction of sp³-hybridized carbons (Fsp3) is 0.0556. The number of aromatic nitrogens is 1. The molecular weight excluding hydrogens is 326 g/mol. The third-order valence-electron chi connectivity index (χ3n) is 3.45. The number of hydrogen-bond donors (Lipinski definition) is 2. The quantitative estimate of drug-likeness (QED) is 0.564. The topological polar surface area (TPSA) is 74.6 Å². The second-order valence-corrected chi connectivity index (χ2v) is 5.67. The van der Waals surface area contributed by atoms with E-state index < -0.39 is 0 Å². The Hall–Kier alpha value is -2.92. The normalized spacial score (nSPS) is 11.1. The number of amides is 1. The zero-order chi connectivity index (χ0) is 17.1. The molecule has 0 bridgehead atoms. The standard InChI is InChI=1S/C18H14ClN3O2/c1-11-8-15(14-4-2-3-5-16(14)21-11)18(24)22-20-10-12-9-13(19)6-7-17(12)23/h2-10,23H,1H3,(H,22,24)/b20-10-. The molecule has 0 saturated heterocycles. The fourth-order valence-corrected chi connectivity index (χ4v) is 2.53. The number of hydrazone groups is 1. The number of rotatable bonds is 3. The Morgan fingerprint density at radius 3 is 2.88 bits per heavy atom. The molecule has 0 saturated carbocycles. The van der Waals surface area contributed by atoms with Gasteiger partial charge in [-0.15, -0.1) is 0 Å². The van der Waals surface area contributed by atoms with Gasteiger partial charge in [-0.05, 0) is 37.3 Å². The number of fused-ring (bicyclic) bond motifs is 1. The van der Waals surface area contributed by atoms with Crippen LogP contribution in [0.4, 0.5) is 0 Å². The first-order chi connectivity index (χ1) is 11.5. The number of hydrogen-bond acceptors (Lipinski definition) is 4. The number of aryl methyl sites for hydroxylation is 1. The van der Waals surface area contributed by atoms with Gasteiger partial charge in [0, 0.05) is 21.7 Å². The van der Waals surface area contributed by atoms with Crippen LogP contribution in [0.1, 0.15) is 21.6 Å². The number of carbonyl (C=O) groups excluding carboxylic acids is 1. The van der Waals surface area contributed by atoms with Crippen molar-refractivity contribution in [1.82, 2.24) is 10.4 Å². The summed E-state index contributed by atoms with van der Waals surface area (Å²) in [6.45, 7) is 1.83. The molecule has 3 rings (SSSR count). The maximum Gasteiger partial charge on any atom is 0.272 e. The van der Waals surface area contributed by atoms with E-state index in [-0.39, 0.29) is 11.7 Å². The first-order valence-electron chi connectivity index (χ1n) is 7.23. The molecule has 5 nitrogen and oxygen atoms in total. The summed E-state index contributed by atoms with van der Waals surface area (Å²) in [5, 5.41) is 14.8. The molecule has 6 heteroatoms. The van der Waals surface area contributed by atoms with E-state index in [0.29, 0.717) is 16.1 Å². The molecule has 0 aliphatic heterocycles. The molecule has 0 aliphatic rings. The molecule has 0 atom stereocenters. The highest BCUT2D eigenvalue weighted by atomic mass is 35.5. The highest BCUT2D eigenvalue weighted by Crippen LogP contribution is 2.20. The van der Waals surface area contributed by atoms with Gasteiger partial charge >= 0.3 is 0 Å². The van der Waals surface area contributed by atoms with E-state index in [1.165, 1.54) is 12.3 Å². The van der Waals surface area contributed by atoms with Crippen LogP contribution in [0.15, 0.2) is 53.6 Å². The van der Waals surface area contributed by atoms with Crippen LogP contribution >= 0.6 is 11.6 Å². The predicted molar refractivity (Wildman–Crippen MR) is 94.7 cm³/mol.